The number of alkyl halides is 2. The van der Waals surface area contributed by atoms with E-state index in [2.05, 4.69) is 18.7 Å². The predicted octanol–water partition coefficient (Wildman–Crippen LogP) is 3.36. The maximum absolute atomic E-state index is 5.53. The smallest absolute Gasteiger partial charge is 0.197 e. The first-order valence-corrected chi connectivity index (χ1v) is 7.97. The minimum Gasteiger partial charge on any atom is -0.393 e. The van der Waals surface area contributed by atoms with E-state index < -0.39 is 14.1 Å². The molecule has 1 aromatic rings. The molecule has 0 N–H and O–H groups in total. The molecule has 0 aliphatic rings. The summed E-state index contributed by atoms with van der Waals surface area (Å²) < 4.78 is 5.34. The fourth-order valence-corrected chi connectivity index (χ4v) is 3.54. The highest BCUT2D eigenvalue weighted by Gasteiger charge is 2.08. The summed E-state index contributed by atoms with van der Waals surface area (Å²) in [7, 11) is -1.19. The van der Waals surface area contributed by atoms with Crippen molar-refractivity contribution < 1.29 is 4.43 Å². The number of benzene rings is 1. The largest absolute Gasteiger partial charge is 0.393 e. The van der Waals surface area contributed by atoms with Crippen LogP contribution in [0.2, 0.25) is 12.6 Å². The van der Waals surface area contributed by atoms with E-state index >= 15 is 0 Å². The Hall–Kier alpha value is -0.0231. The Morgan fingerprint density at radius 3 is 2.50 bits per heavy atom. The lowest BCUT2D eigenvalue weighted by Crippen LogP contribution is -2.16. The van der Waals surface area contributed by atoms with Gasteiger partial charge >= 0.3 is 0 Å². The molecule has 0 spiro atoms. The summed E-state index contributed by atoms with van der Waals surface area (Å²) in [5.74, 6) is 0. The van der Waals surface area contributed by atoms with E-state index in [1.165, 1.54) is 5.56 Å². The van der Waals surface area contributed by atoms with Gasteiger partial charge in [0.15, 0.2) is 14.1 Å². The third-order valence-corrected chi connectivity index (χ3v) is 4.41. The first-order valence-electron chi connectivity index (χ1n) is 4.66. The first kappa shape index (κ1) is 12.0. The number of hydrogen-bond acceptors (Lipinski definition) is 1. The Labute approximate surface area is 96.7 Å². The maximum Gasteiger partial charge on any atom is 0.197 e. The van der Waals surface area contributed by atoms with Gasteiger partial charge in [-0.25, -0.2) is 0 Å². The molecule has 0 aliphatic carbocycles. The molecule has 0 radical (unpaired) electrons. The van der Waals surface area contributed by atoms with E-state index in [4.69, 9.17) is 27.6 Å². The van der Waals surface area contributed by atoms with Gasteiger partial charge in [-0.05, 0) is 24.6 Å². The van der Waals surface area contributed by atoms with Crippen LogP contribution in [0.15, 0.2) is 30.3 Å². The molecule has 0 aromatic heterocycles. The molecule has 0 saturated heterocycles. The van der Waals surface area contributed by atoms with Crippen molar-refractivity contribution in [1.29, 1.82) is 0 Å². The van der Waals surface area contributed by atoms with Crippen LogP contribution in [-0.4, -0.2) is 14.1 Å². The van der Waals surface area contributed by atoms with Gasteiger partial charge in [-0.1, -0.05) is 53.5 Å². The molecular formula is C10H14Cl2OSi. The molecular weight excluding hydrogens is 235 g/mol. The van der Waals surface area contributed by atoms with Crippen LogP contribution in [0, 0.1) is 0 Å². The van der Waals surface area contributed by atoms with Crippen LogP contribution in [0.1, 0.15) is 5.56 Å². The number of rotatable bonds is 5. The molecule has 0 bridgehead atoms. The molecule has 0 aliphatic heterocycles. The Balaban J connectivity index is 2.27. The third-order valence-electron chi connectivity index (χ3n) is 2.02. The standard InChI is InChI=1S/C10H14Cl2OSi/c1-14(13-10(11)12)8-7-9-5-3-2-4-6-9/h2-6,10,14H,7-8H2,1H3. The van der Waals surface area contributed by atoms with Gasteiger partial charge in [-0.15, -0.1) is 0 Å². The molecule has 0 amide bonds. The topological polar surface area (TPSA) is 9.23 Å². The highest BCUT2D eigenvalue weighted by molar-refractivity contribution is 6.53. The summed E-state index contributed by atoms with van der Waals surface area (Å²) in [5, 5.41) is -0.660. The van der Waals surface area contributed by atoms with Crippen LogP contribution < -0.4 is 0 Å². The lowest BCUT2D eigenvalue weighted by Gasteiger charge is -2.11. The summed E-state index contributed by atoms with van der Waals surface area (Å²) in [5.41, 5.74) is 1.34. The monoisotopic (exact) mass is 248 g/mol. The molecule has 78 valence electrons. The lowest BCUT2D eigenvalue weighted by atomic mass is 10.2. The second-order valence-corrected chi connectivity index (χ2v) is 6.72. The zero-order valence-corrected chi connectivity index (χ0v) is 10.8. The first-order chi connectivity index (χ1) is 6.68. The second kappa shape index (κ2) is 6.46. The second-order valence-electron chi connectivity index (χ2n) is 3.23. The van der Waals surface area contributed by atoms with Crippen molar-refractivity contribution >= 4 is 32.2 Å². The summed E-state index contributed by atoms with van der Waals surface area (Å²) in [4.78, 5) is 0. The summed E-state index contributed by atoms with van der Waals surface area (Å²) in [6.07, 6.45) is 1.05. The Morgan fingerprint density at radius 1 is 1.29 bits per heavy atom. The van der Waals surface area contributed by atoms with Crippen LogP contribution in [0.4, 0.5) is 0 Å². The lowest BCUT2D eigenvalue weighted by molar-refractivity contribution is 0.360. The molecule has 0 fully saturated rings. The normalized spacial score (nSPS) is 13.1. The summed E-state index contributed by atoms with van der Waals surface area (Å²) in [6, 6.07) is 11.4. The zero-order chi connectivity index (χ0) is 10.4. The van der Waals surface area contributed by atoms with Gasteiger partial charge in [-0.3, -0.25) is 0 Å². The highest BCUT2D eigenvalue weighted by atomic mass is 35.5. The van der Waals surface area contributed by atoms with Crippen molar-refractivity contribution in [3.63, 3.8) is 0 Å². The van der Waals surface area contributed by atoms with E-state index in [-0.39, 0.29) is 0 Å². The molecule has 0 heterocycles. The quantitative estimate of drug-likeness (QED) is 0.574. The fraction of sp³-hybridized carbons (Fsp3) is 0.400. The Kier molecular flexibility index (Phi) is 5.56. The van der Waals surface area contributed by atoms with Gasteiger partial charge < -0.3 is 4.43 Å². The minimum absolute atomic E-state index is 0.660. The molecule has 0 saturated carbocycles. The molecule has 1 rings (SSSR count). The van der Waals surface area contributed by atoms with Crippen molar-refractivity contribution in [3.8, 4) is 0 Å². The summed E-state index contributed by atoms with van der Waals surface area (Å²) >= 11 is 11.1. The van der Waals surface area contributed by atoms with Gasteiger partial charge in [0.2, 0.25) is 0 Å². The van der Waals surface area contributed by atoms with Gasteiger partial charge in [0, 0.05) is 0 Å². The maximum atomic E-state index is 5.53. The molecule has 14 heavy (non-hydrogen) atoms. The molecule has 4 heteroatoms. The SMILES string of the molecule is C[SiH](CCc1ccccc1)OC(Cl)Cl. The van der Waals surface area contributed by atoms with E-state index in [1.807, 2.05) is 18.2 Å². The van der Waals surface area contributed by atoms with E-state index in [0.29, 0.717) is 0 Å². The molecule has 1 unspecified atom stereocenters. The van der Waals surface area contributed by atoms with Gasteiger partial charge in [0.25, 0.3) is 0 Å². The van der Waals surface area contributed by atoms with Crippen molar-refractivity contribution in [2.24, 2.45) is 0 Å². The van der Waals surface area contributed by atoms with Crippen molar-refractivity contribution in [2.45, 2.75) is 24.0 Å². The van der Waals surface area contributed by atoms with Crippen molar-refractivity contribution in [3.05, 3.63) is 35.9 Å². The highest BCUT2D eigenvalue weighted by Crippen LogP contribution is 2.11. The van der Waals surface area contributed by atoms with Crippen molar-refractivity contribution in [2.75, 3.05) is 0 Å². The summed E-state index contributed by atoms with van der Waals surface area (Å²) in [6.45, 7) is 2.11. The van der Waals surface area contributed by atoms with Crippen LogP contribution in [-0.2, 0) is 10.8 Å². The van der Waals surface area contributed by atoms with Gasteiger partial charge in [-0.2, -0.15) is 0 Å². The zero-order valence-electron chi connectivity index (χ0n) is 8.12. The van der Waals surface area contributed by atoms with Gasteiger partial charge in [0.05, 0.1) is 0 Å². The molecule has 1 nitrogen and oxygen atoms in total. The fourth-order valence-electron chi connectivity index (χ4n) is 1.26. The van der Waals surface area contributed by atoms with Crippen LogP contribution >= 0.6 is 23.2 Å². The van der Waals surface area contributed by atoms with E-state index in [9.17, 15) is 0 Å². The van der Waals surface area contributed by atoms with Gasteiger partial charge in [0.1, 0.15) is 0 Å². The molecule has 1 atom stereocenters. The number of hydrogen-bond donors (Lipinski definition) is 0. The predicted molar refractivity (Wildman–Crippen MR) is 64.5 cm³/mol. The van der Waals surface area contributed by atoms with Crippen LogP contribution in [0.5, 0.6) is 0 Å². The average Bonchev–Trinajstić information content (AvgIpc) is 2.15. The number of aryl methyl sites for hydroxylation is 1. The minimum atomic E-state index is -1.19. The van der Waals surface area contributed by atoms with E-state index in [1.54, 1.807) is 0 Å². The average molecular weight is 249 g/mol. The van der Waals surface area contributed by atoms with Crippen molar-refractivity contribution in [1.82, 2.24) is 0 Å². The third kappa shape index (κ3) is 5.01. The Morgan fingerprint density at radius 2 is 1.93 bits per heavy atom. The van der Waals surface area contributed by atoms with E-state index in [0.717, 1.165) is 12.5 Å². The Bertz CT molecular complexity index is 254. The van der Waals surface area contributed by atoms with Crippen LogP contribution in [0.25, 0.3) is 0 Å². The molecule has 1 aromatic carbocycles. The number of halogens is 2. The van der Waals surface area contributed by atoms with Crippen LogP contribution in [0.3, 0.4) is 0 Å².